The standard InChI is InChI=1S/C11H22N2O6/c1-17-4-5-18-6-7-19-8-10(14)13-3-2-9(12)11(15)16/h9H,2-8,12H2,1H3,(H,13,14)(H,15,16)/t9-/m0/s1. The van der Waals surface area contributed by atoms with E-state index in [-0.39, 0.29) is 25.5 Å². The monoisotopic (exact) mass is 278 g/mol. The molecule has 0 heterocycles. The molecule has 0 bridgehead atoms. The van der Waals surface area contributed by atoms with Gasteiger partial charge in [-0.1, -0.05) is 0 Å². The van der Waals surface area contributed by atoms with Crippen molar-refractivity contribution in [2.45, 2.75) is 12.5 Å². The Morgan fingerprint density at radius 3 is 2.47 bits per heavy atom. The van der Waals surface area contributed by atoms with Gasteiger partial charge in [-0.05, 0) is 6.42 Å². The SMILES string of the molecule is COCCOCCOCC(=O)NCC[C@H](N)C(=O)O. The molecule has 0 unspecified atom stereocenters. The Labute approximate surface area is 112 Å². The van der Waals surface area contributed by atoms with Crippen molar-refractivity contribution < 1.29 is 28.9 Å². The average molecular weight is 278 g/mol. The minimum atomic E-state index is -1.08. The van der Waals surface area contributed by atoms with E-state index in [1.165, 1.54) is 0 Å². The van der Waals surface area contributed by atoms with Gasteiger partial charge in [-0.15, -0.1) is 0 Å². The molecule has 8 nitrogen and oxygen atoms in total. The minimum absolute atomic E-state index is 0.0874. The van der Waals surface area contributed by atoms with Crippen LogP contribution in [0.3, 0.4) is 0 Å². The molecule has 4 N–H and O–H groups in total. The van der Waals surface area contributed by atoms with Gasteiger partial charge in [0.2, 0.25) is 5.91 Å². The summed E-state index contributed by atoms with van der Waals surface area (Å²) in [5.74, 6) is -1.40. The van der Waals surface area contributed by atoms with Gasteiger partial charge < -0.3 is 30.4 Å². The molecule has 0 radical (unpaired) electrons. The molecule has 1 atom stereocenters. The number of ether oxygens (including phenoxy) is 3. The van der Waals surface area contributed by atoms with E-state index in [1.807, 2.05) is 0 Å². The van der Waals surface area contributed by atoms with Gasteiger partial charge in [-0.3, -0.25) is 9.59 Å². The lowest BCUT2D eigenvalue weighted by molar-refractivity contribution is -0.138. The van der Waals surface area contributed by atoms with E-state index < -0.39 is 12.0 Å². The van der Waals surface area contributed by atoms with Gasteiger partial charge in [-0.2, -0.15) is 0 Å². The Morgan fingerprint density at radius 2 is 1.84 bits per heavy atom. The van der Waals surface area contributed by atoms with E-state index in [1.54, 1.807) is 7.11 Å². The van der Waals surface area contributed by atoms with E-state index in [2.05, 4.69) is 5.32 Å². The van der Waals surface area contributed by atoms with Crippen molar-refractivity contribution in [1.29, 1.82) is 0 Å². The maximum absolute atomic E-state index is 11.2. The molecule has 0 aromatic carbocycles. The molecular weight excluding hydrogens is 256 g/mol. The maximum Gasteiger partial charge on any atom is 0.320 e. The predicted octanol–water partition coefficient (Wildman–Crippen LogP) is -1.42. The van der Waals surface area contributed by atoms with Crippen LogP contribution in [0.4, 0.5) is 0 Å². The summed E-state index contributed by atoms with van der Waals surface area (Å²) in [6.45, 7) is 1.83. The highest BCUT2D eigenvalue weighted by Gasteiger charge is 2.11. The second-order valence-corrected chi connectivity index (χ2v) is 3.74. The molecule has 0 aliphatic heterocycles. The van der Waals surface area contributed by atoms with Gasteiger partial charge in [0.1, 0.15) is 12.6 Å². The van der Waals surface area contributed by atoms with Crippen molar-refractivity contribution in [2.24, 2.45) is 5.73 Å². The predicted molar refractivity (Wildman–Crippen MR) is 66.8 cm³/mol. The largest absolute Gasteiger partial charge is 0.480 e. The number of amides is 1. The fraction of sp³-hybridized carbons (Fsp3) is 0.818. The summed E-state index contributed by atoms with van der Waals surface area (Å²) < 4.78 is 15.0. The number of methoxy groups -OCH3 is 1. The summed E-state index contributed by atoms with van der Waals surface area (Å²) in [6, 6.07) is -0.963. The van der Waals surface area contributed by atoms with Crippen molar-refractivity contribution in [3.8, 4) is 0 Å². The van der Waals surface area contributed by atoms with E-state index in [9.17, 15) is 9.59 Å². The first-order valence-electron chi connectivity index (χ1n) is 5.97. The Kier molecular flexibility index (Phi) is 11.1. The third kappa shape index (κ3) is 11.6. The lowest BCUT2D eigenvalue weighted by Gasteiger charge is -2.08. The van der Waals surface area contributed by atoms with Crippen LogP contribution >= 0.6 is 0 Å². The van der Waals surface area contributed by atoms with E-state index >= 15 is 0 Å². The molecule has 1 amide bonds. The van der Waals surface area contributed by atoms with Crippen LogP contribution in [0.1, 0.15) is 6.42 Å². The molecule has 0 aromatic heterocycles. The number of carboxylic acid groups (broad SMARTS) is 1. The maximum atomic E-state index is 11.2. The van der Waals surface area contributed by atoms with Crippen molar-refractivity contribution in [1.82, 2.24) is 5.32 Å². The molecule has 0 aliphatic carbocycles. The number of hydrogen-bond acceptors (Lipinski definition) is 6. The summed E-state index contributed by atoms with van der Waals surface area (Å²) in [7, 11) is 1.58. The fourth-order valence-electron chi connectivity index (χ4n) is 1.07. The summed E-state index contributed by atoms with van der Waals surface area (Å²) >= 11 is 0. The van der Waals surface area contributed by atoms with Crippen LogP contribution < -0.4 is 11.1 Å². The number of aliphatic carboxylic acids is 1. The zero-order valence-corrected chi connectivity index (χ0v) is 11.1. The lowest BCUT2D eigenvalue weighted by atomic mass is 10.2. The van der Waals surface area contributed by atoms with Gasteiger partial charge in [0.15, 0.2) is 0 Å². The molecule has 0 spiro atoms. The zero-order valence-electron chi connectivity index (χ0n) is 11.1. The first-order valence-corrected chi connectivity index (χ1v) is 5.97. The highest BCUT2D eigenvalue weighted by molar-refractivity contribution is 5.77. The third-order valence-corrected chi connectivity index (χ3v) is 2.13. The van der Waals surface area contributed by atoms with Gasteiger partial charge in [0, 0.05) is 13.7 Å². The van der Waals surface area contributed by atoms with Gasteiger partial charge in [-0.25, -0.2) is 0 Å². The highest BCUT2D eigenvalue weighted by atomic mass is 16.5. The fourth-order valence-corrected chi connectivity index (χ4v) is 1.07. The minimum Gasteiger partial charge on any atom is -0.480 e. The molecule has 0 aliphatic rings. The van der Waals surface area contributed by atoms with Crippen molar-refractivity contribution >= 4 is 11.9 Å². The summed E-state index contributed by atoms with van der Waals surface area (Å²) in [6.07, 6.45) is 0.182. The van der Waals surface area contributed by atoms with Crippen LogP contribution in [-0.4, -0.2) is 69.7 Å². The number of rotatable bonds is 12. The molecule has 19 heavy (non-hydrogen) atoms. The Morgan fingerprint density at radius 1 is 1.21 bits per heavy atom. The second kappa shape index (κ2) is 11.8. The summed E-state index contributed by atoms with van der Waals surface area (Å²) in [4.78, 5) is 21.7. The summed E-state index contributed by atoms with van der Waals surface area (Å²) in [5.41, 5.74) is 5.27. The summed E-state index contributed by atoms with van der Waals surface area (Å²) in [5, 5.41) is 11.0. The third-order valence-electron chi connectivity index (χ3n) is 2.13. The Balaban J connectivity index is 3.33. The van der Waals surface area contributed by atoms with Crippen LogP contribution in [0.25, 0.3) is 0 Å². The lowest BCUT2D eigenvalue weighted by Crippen LogP contribution is -2.36. The Hall–Kier alpha value is -1.22. The van der Waals surface area contributed by atoms with Crippen LogP contribution in [0, 0.1) is 0 Å². The van der Waals surface area contributed by atoms with E-state index in [0.29, 0.717) is 26.4 Å². The number of hydrogen-bond donors (Lipinski definition) is 3. The molecule has 8 heteroatoms. The molecule has 0 fully saturated rings. The van der Waals surface area contributed by atoms with Crippen LogP contribution in [0.15, 0.2) is 0 Å². The molecule has 0 saturated heterocycles. The van der Waals surface area contributed by atoms with E-state index in [0.717, 1.165) is 0 Å². The first kappa shape index (κ1) is 17.8. The molecule has 0 rings (SSSR count). The molecule has 112 valence electrons. The number of carbonyl (C=O) groups is 2. The molecule has 0 saturated carbocycles. The number of carbonyl (C=O) groups excluding carboxylic acids is 1. The highest BCUT2D eigenvalue weighted by Crippen LogP contribution is 1.86. The van der Waals surface area contributed by atoms with E-state index in [4.69, 9.17) is 25.1 Å². The zero-order chi connectivity index (χ0) is 14.5. The Bertz CT molecular complexity index is 262. The number of nitrogens with one attached hydrogen (secondary N) is 1. The van der Waals surface area contributed by atoms with Gasteiger partial charge >= 0.3 is 5.97 Å². The smallest absolute Gasteiger partial charge is 0.320 e. The first-order chi connectivity index (χ1) is 9.07. The van der Waals surface area contributed by atoms with Crippen molar-refractivity contribution in [3.05, 3.63) is 0 Å². The van der Waals surface area contributed by atoms with Crippen molar-refractivity contribution in [2.75, 3.05) is 46.7 Å². The topological polar surface area (TPSA) is 120 Å². The quantitative estimate of drug-likeness (QED) is 0.375. The second-order valence-electron chi connectivity index (χ2n) is 3.74. The van der Waals surface area contributed by atoms with Crippen LogP contribution in [0.2, 0.25) is 0 Å². The van der Waals surface area contributed by atoms with Crippen LogP contribution in [-0.2, 0) is 23.8 Å². The normalized spacial score (nSPS) is 12.1. The number of nitrogens with two attached hydrogens (primary N) is 1. The van der Waals surface area contributed by atoms with Gasteiger partial charge in [0.05, 0.1) is 26.4 Å². The van der Waals surface area contributed by atoms with Crippen molar-refractivity contribution in [3.63, 3.8) is 0 Å². The average Bonchev–Trinajstić information content (AvgIpc) is 2.37. The van der Waals surface area contributed by atoms with Gasteiger partial charge in [0.25, 0.3) is 0 Å². The molecule has 0 aromatic rings. The van der Waals surface area contributed by atoms with Crippen LogP contribution in [0.5, 0.6) is 0 Å². The molecular formula is C11H22N2O6. The number of carboxylic acids is 1.